The van der Waals surface area contributed by atoms with Gasteiger partial charge in [0.1, 0.15) is 0 Å². The number of rotatable bonds is 3. The number of carboxylic acid groups (broad SMARTS) is 1. The van der Waals surface area contributed by atoms with E-state index in [-0.39, 0.29) is 5.69 Å². The highest BCUT2D eigenvalue weighted by Gasteiger charge is 2.18. The number of nitrogens with zero attached hydrogens (tertiary/aromatic N) is 2. The maximum absolute atomic E-state index is 10.8. The molecule has 0 amide bonds. The van der Waals surface area contributed by atoms with Crippen molar-refractivity contribution in [1.82, 2.24) is 9.78 Å². The number of carbonyl (C=O) groups is 1. The van der Waals surface area contributed by atoms with E-state index in [0.717, 1.165) is 5.69 Å². The van der Waals surface area contributed by atoms with Crippen LogP contribution in [0.25, 0.3) is 0 Å². The van der Waals surface area contributed by atoms with Crippen LogP contribution in [0.4, 0.5) is 0 Å². The van der Waals surface area contributed by atoms with Gasteiger partial charge in [0.05, 0.1) is 10.6 Å². The summed E-state index contributed by atoms with van der Waals surface area (Å²) in [5.41, 5.74) is 0.922. The predicted molar refractivity (Wildman–Crippen MR) is 51.5 cm³/mol. The van der Waals surface area contributed by atoms with Gasteiger partial charge in [-0.3, -0.25) is 4.68 Å². The third-order valence-corrected chi connectivity index (χ3v) is 2.30. The van der Waals surface area contributed by atoms with Gasteiger partial charge in [0.15, 0.2) is 5.69 Å². The topological polar surface area (TPSA) is 55.1 Å². The Labute approximate surface area is 82.0 Å². The van der Waals surface area contributed by atoms with Crippen LogP contribution in [0.1, 0.15) is 30.0 Å². The summed E-state index contributed by atoms with van der Waals surface area (Å²) in [6, 6.07) is 0. The summed E-state index contributed by atoms with van der Waals surface area (Å²) < 4.78 is 1.46. The maximum atomic E-state index is 10.8. The molecule has 0 aliphatic rings. The van der Waals surface area contributed by atoms with Gasteiger partial charge in [0.2, 0.25) is 0 Å². The summed E-state index contributed by atoms with van der Waals surface area (Å²) in [6.45, 7) is 4.33. The van der Waals surface area contributed by atoms with Crippen molar-refractivity contribution in [3.63, 3.8) is 0 Å². The zero-order valence-corrected chi connectivity index (χ0v) is 8.51. The molecule has 1 rings (SSSR count). The van der Waals surface area contributed by atoms with Crippen LogP contribution in [0, 0.1) is 0 Å². The summed E-state index contributed by atoms with van der Waals surface area (Å²) in [4.78, 5) is 11.3. The number of aryl methyl sites for hydroxylation is 2. The molecule has 0 atom stereocenters. The Bertz CT molecular complexity index is 333. The smallest absolute Gasteiger partial charge is 0.355 e. The number of hydrogen-bond donors (Lipinski definition) is 2. The van der Waals surface area contributed by atoms with Crippen molar-refractivity contribution in [2.24, 2.45) is 0 Å². The van der Waals surface area contributed by atoms with Crippen molar-refractivity contribution < 1.29 is 9.90 Å². The highest BCUT2D eigenvalue weighted by molar-refractivity contribution is 7.80. The van der Waals surface area contributed by atoms with Crippen molar-refractivity contribution in [2.45, 2.75) is 31.7 Å². The molecule has 0 unspecified atom stereocenters. The Morgan fingerprint density at radius 2 is 2.23 bits per heavy atom. The number of aromatic carboxylic acids is 1. The lowest BCUT2D eigenvalue weighted by Gasteiger charge is -1.98. The molecule has 0 aromatic carbocycles. The van der Waals surface area contributed by atoms with Crippen LogP contribution in [0.5, 0.6) is 0 Å². The van der Waals surface area contributed by atoms with E-state index >= 15 is 0 Å². The fourth-order valence-corrected chi connectivity index (χ4v) is 1.59. The monoisotopic (exact) mass is 200 g/mol. The third-order valence-electron chi connectivity index (χ3n) is 1.83. The van der Waals surface area contributed by atoms with Gasteiger partial charge in [0, 0.05) is 6.54 Å². The average molecular weight is 200 g/mol. The minimum absolute atomic E-state index is 0.183. The number of hydrogen-bond acceptors (Lipinski definition) is 3. The van der Waals surface area contributed by atoms with Crippen molar-refractivity contribution in [1.29, 1.82) is 0 Å². The Kier molecular flexibility index (Phi) is 2.98. The second-order valence-corrected chi connectivity index (χ2v) is 3.07. The van der Waals surface area contributed by atoms with E-state index in [0.29, 0.717) is 17.9 Å². The Balaban J connectivity index is 3.28. The van der Waals surface area contributed by atoms with Gasteiger partial charge in [-0.1, -0.05) is 6.92 Å². The summed E-state index contributed by atoms with van der Waals surface area (Å²) in [6.07, 6.45) is 0.701. The van der Waals surface area contributed by atoms with Gasteiger partial charge in [-0.15, -0.1) is 12.6 Å². The molecule has 13 heavy (non-hydrogen) atoms. The van der Waals surface area contributed by atoms with Gasteiger partial charge in [0.25, 0.3) is 0 Å². The highest BCUT2D eigenvalue weighted by Crippen LogP contribution is 2.19. The zero-order chi connectivity index (χ0) is 10.0. The fraction of sp³-hybridized carbons (Fsp3) is 0.500. The first kappa shape index (κ1) is 10.1. The summed E-state index contributed by atoms with van der Waals surface area (Å²) in [7, 11) is 0. The Hall–Kier alpha value is -0.970. The Morgan fingerprint density at radius 1 is 1.62 bits per heavy atom. The van der Waals surface area contributed by atoms with E-state index in [2.05, 4.69) is 17.7 Å². The predicted octanol–water partition coefficient (Wildman–Crippen LogP) is 1.45. The molecule has 0 fully saturated rings. The quantitative estimate of drug-likeness (QED) is 0.726. The molecule has 1 N–H and O–H groups in total. The van der Waals surface area contributed by atoms with E-state index in [1.54, 1.807) is 0 Å². The summed E-state index contributed by atoms with van der Waals surface area (Å²) in [5, 5.41) is 13.0. The normalized spacial score (nSPS) is 10.4. The standard InChI is InChI=1S/C8H12N2O2S/c1-3-5-7(13)6(8(11)12)10(4-2)9-5/h13H,3-4H2,1-2H3,(H,11,12). The van der Waals surface area contributed by atoms with Crippen LogP contribution in [0.2, 0.25) is 0 Å². The molecule has 1 heterocycles. The van der Waals surface area contributed by atoms with Gasteiger partial charge in [-0.05, 0) is 13.3 Å². The lowest BCUT2D eigenvalue weighted by molar-refractivity contribution is 0.0679. The molecule has 5 heteroatoms. The highest BCUT2D eigenvalue weighted by atomic mass is 32.1. The molecule has 0 spiro atoms. The first-order valence-corrected chi connectivity index (χ1v) is 4.58. The first-order valence-electron chi connectivity index (χ1n) is 4.13. The molecular weight excluding hydrogens is 188 g/mol. The van der Waals surface area contributed by atoms with Gasteiger partial charge in [-0.2, -0.15) is 5.10 Å². The minimum atomic E-state index is -0.973. The van der Waals surface area contributed by atoms with Crippen LogP contribution < -0.4 is 0 Å². The maximum Gasteiger partial charge on any atom is 0.355 e. The summed E-state index contributed by atoms with van der Waals surface area (Å²) in [5.74, 6) is -0.973. The molecule has 0 saturated carbocycles. The number of thiol groups is 1. The van der Waals surface area contributed by atoms with Crippen molar-refractivity contribution in [2.75, 3.05) is 0 Å². The first-order chi connectivity index (χ1) is 6.11. The number of carboxylic acids is 1. The number of aromatic nitrogens is 2. The molecular formula is C8H12N2O2S. The van der Waals surface area contributed by atoms with E-state index in [1.807, 2.05) is 13.8 Å². The molecule has 1 aromatic rings. The lowest BCUT2D eigenvalue weighted by Crippen LogP contribution is -2.08. The van der Waals surface area contributed by atoms with E-state index in [1.165, 1.54) is 4.68 Å². The minimum Gasteiger partial charge on any atom is -0.476 e. The lowest BCUT2D eigenvalue weighted by atomic mass is 10.3. The average Bonchev–Trinajstić information content (AvgIpc) is 2.41. The molecule has 0 bridgehead atoms. The van der Waals surface area contributed by atoms with E-state index in [9.17, 15) is 4.79 Å². The fourth-order valence-electron chi connectivity index (χ4n) is 1.18. The van der Waals surface area contributed by atoms with Crippen molar-refractivity contribution in [3.05, 3.63) is 11.4 Å². The second-order valence-electron chi connectivity index (χ2n) is 2.62. The SMILES string of the molecule is CCc1nn(CC)c(C(=O)O)c1S. The second kappa shape index (κ2) is 3.83. The van der Waals surface area contributed by atoms with Gasteiger partial charge < -0.3 is 5.11 Å². The largest absolute Gasteiger partial charge is 0.476 e. The molecule has 0 aliphatic heterocycles. The molecule has 0 saturated heterocycles. The van der Waals surface area contributed by atoms with Crippen LogP contribution in [0.3, 0.4) is 0 Å². The van der Waals surface area contributed by atoms with E-state index < -0.39 is 5.97 Å². The summed E-state index contributed by atoms with van der Waals surface area (Å²) >= 11 is 4.14. The van der Waals surface area contributed by atoms with Gasteiger partial charge in [-0.25, -0.2) is 4.79 Å². The van der Waals surface area contributed by atoms with Gasteiger partial charge >= 0.3 is 5.97 Å². The van der Waals surface area contributed by atoms with Crippen molar-refractivity contribution in [3.8, 4) is 0 Å². The third kappa shape index (κ3) is 1.70. The van der Waals surface area contributed by atoms with Crippen LogP contribution >= 0.6 is 12.6 Å². The molecule has 1 aromatic heterocycles. The zero-order valence-electron chi connectivity index (χ0n) is 7.61. The molecule has 4 nitrogen and oxygen atoms in total. The molecule has 0 radical (unpaired) electrons. The van der Waals surface area contributed by atoms with Crippen molar-refractivity contribution >= 4 is 18.6 Å². The molecule has 0 aliphatic carbocycles. The van der Waals surface area contributed by atoms with Crippen LogP contribution in [-0.4, -0.2) is 20.9 Å². The molecule has 72 valence electrons. The van der Waals surface area contributed by atoms with Crippen LogP contribution in [-0.2, 0) is 13.0 Å². The van der Waals surface area contributed by atoms with E-state index in [4.69, 9.17) is 5.11 Å². The van der Waals surface area contributed by atoms with Crippen LogP contribution in [0.15, 0.2) is 4.90 Å². The Morgan fingerprint density at radius 3 is 2.54 bits per heavy atom.